The number of nitrogens with zero attached hydrogens (tertiary/aromatic N) is 1. The third-order valence-electron chi connectivity index (χ3n) is 6.96. The maximum atomic E-state index is 13.9. The van der Waals surface area contributed by atoms with Crippen LogP contribution in [0.4, 0.5) is 5.69 Å². The molecular formula is C25H28N2O5. The van der Waals surface area contributed by atoms with Crippen molar-refractivity contribution in [3.63, 3.8) is 0 Å². The van der Waals surface area contributed by atoms with Gasteiger partial charge in [0, 0.05) is 31.0 Å². The second-order valence-electron chi connectivity index (χ2n) is 8.69. The second-order valence-corrected chi connectivity index (χ2v) is 8.69. The van der Waals surface area contributed by atoms with Crippen LogP contribution >= 0.6 is 0 Å². The maximum absolute atomic E-state index is 13.9. The van der Waals surface area contributed by atoms with Crippen LogP contribution < -0.4 is 14.8 Å². The largest absolute Gasteiger partial charge is 0.454 e. The van der Waals surface area contributed by atoms with Crippen LogP contribution in [0.25, 0.3) is 0 Å². The predicted molar refractivity (Wildman–Crippen MR) is 119 cm³/mol. The van der Waals surface area contributed by atoms with Crippen LogP contribution in [0.15, 0.2) is 42.5 Å². The Hall–Kier alpha value is -3.06. The molecule has 32 heavy (non-hydrogen) atoms. The maximum Gasteiger partial charge on any atom is 0.254 e. The summed E-state index contributed by atoms with van der Waals surface area (Å²) in [6.45, 7) is 1.09. The Labute approximate surface area is 187 Å². The molecule has 2 heterocycles. The van der Waals surface area contributed by atoms with E-state index in [2.05, 4.69) is 5.32 Å². The summed E-state index contributed by atoms with van der Waals surface area (Å²) in [6.07, 6.45) is 4.71. The van der Waals surface area contributed by atoms with Gasteiger partial charge >= 0.3 is 0 Å². The lowest BCUT2D eigenvalue weighted by Gasteiger charge is -2.53. The minimum absolute atomic E-state index is 0.00770. The predicted octanol–water partition coefficient (Wildman–Crippen LogP) is 3.94. The molecule has 168 valence electrons. The summed E-state index contributed by atoms with van der Waals surface area (Å²) in [5.74, 6) is 0.723. The van der Waals surface area contributed by atoms with Crippen LogP contribution in [0.1, 0.15) is 53.9 Å². The minimum atomic E-state index is -0.553. The van der Waals surface area contributed by atoms with E-state index in [0.717, 1.165) is 37.7 Å². The molecule has 2 aromatic rings. The Kier molecular flexibility index (Phi) is 5.51. The summed E-state index contributed by atoms with van der Waals surface area (Å²) in [5, 5.41) is 3.10. The van der Waals surface area contributed by atoms with E-state index in [0.29, 0.717) is 35.9 Å². The molecule has 0 unspecified atom stereocenters. The normalized spacial score (nSPS) is 20.8. The number of anilines is 1. The molecule has 1 spiro atoms. The van der Waals surface area contributed by atoms with E-state index in [-0.39, 0.29) is 18.6 Å². The van der Waals surface area contributed by atoms with Crippen molar-refractivity contribution in [1.82, 2.24) is 4.90 Å². The first-order valence-electron chi connectivity index (χ1n) is 11.2. The zero-order valence-electron chi connectivity index (χ0n) is 18.3. The molecule has 0 saturated heterocycles. The van der Waals surface area contributed by atoms with Crippen molar-refractivity contribution in [1.29, 1.82) is 0 Å². The van der Waals surface area contributed by atoms with Gasteiger partial charge in [0.15, 0.2) is 11.5 Å². The number of hydrogen-bond donors (Lipinski definition) is 1. The van der Waals surface area contributed by atoms with Crippen molar-refractivity contribution in [2.45, 2.75) is 43.6 Å². The highest BCUT2D eigenvalue weighted by atomic mass is 16.7. The molecule has 5 rings (SSSR count). The van der Waals surface area contributed by atoms with Crippen LogP contribution in [0.3, 0.4) is 0 Å². The van der Waals surface area contributed by atoms with E-state index in [1.54, 1.807) is 19.2 Å². The number of ether oxygens (including phenoxy) is 3. The molecule has 2 amide bonds. The Morgan fingerprint density at radius 2 is 1.91 bits per heavy atom. The molecule has 2 aliphatic heterocycles. The lowest BCUT2D eigenvalue weighted by molar-refractivity contribution is -0.122. The van der Waals surface area contributed by atoms with Gasteiger partial charge in [0.05, 0.1) is 18.1 Å². The Bertz CT molecular complexity index is 1030. The van der Waals surface area contributed by atoms with Crippen molar-refractivity contribution in [3.05, 3.63) is 53.6 Å². The highest BCUT2D eigenvalue weighted by molar-refractivity contribution is 6.05. The summed E-state index contributed by atoms with van der Waals surface area (Å²) >= 11 is 0. The fourth-order valence-electron chi connectivity index (χ4n) is 5.54. The molecule has 0 aromatic heterocycles. The molecule has 0 bridgehead atoms. The molecule has 1 aliphatic carbocycles. The third kappa shape index (κ3) is 3.41. The Balaban J connectivity index is 1.55. The first-order chi connectivity index (χ1) is 15.6. The van der Waals surface area contributed by atoms with Crippen molar-refractivity contribution in [2.75, 3.05) is 32.4 Å². The fourth-order valence-corrected chi connectivity index (χ4v) is 5.54. The zero-order chi connectivity index (χ0) is 22.1. The molecule has 7 heteroatoms. The highest BCUT2D eigenvalue weighted by Gasteiger charge is 2.54. The van der Waals surface area contributed by atoms with E-state index in [1.807, 2.05) is 35.2 Å². The van der Waals surface area contributed by atoms with Gasteiger partial charge in [0.25, 0.3) is 5.91 Å². The first-order valence-corrected chi connectivity index (χ1v) is 11.2. The summed E-state index contributed by atoms with van der Waals surface area (Å²) < 4.78 is 16.2. The van der Waals surface area contributed by atoms with Crippen molar-refractivity contribution in [3.8, 4) is 11.5 Å². The Morgan fingerprint density at radius 3 is 2.72 bits per heavy atom. The average Bonchev–Trinajstić information content (AvgIpc) is 3.28. The quantitative estimate of drug-likeness (QED) is 0.768. The van der Waals surface area contributed by atoms with E-state index in [4.69, 9.17) is 14.2 Å². The first kappa shape index (κ1) is 20.8. The average molecular weight is 437 g/mol. The number of nitrogens with one attached hydrogen (secondary N) is 1. The number of rotatable bonds is 5. The van der Waals surface area contributed by atoms with Crippen LogP contribution in [0, 0.1) is 0 Å². The van der Waals surface area contributed by atoms with Gasteiger partial charge in [0.2, 0.25) is 12.7 Å². The van der Waals surface area contributed by atoms with Crippen molar-refractivity contribution in [2.24, 2.45) is 0 Å². The van der Waals surface area contributed by atoms with Crippen LogP contribution in [0.2, 0.25) is 0 Å². The number of carbonyl (C=O) groups excluding carboxylic acids is 2. The van der Waals surface area contributed by atoms with Crippen LogP contribution in [0.5, 0.6) is 11.5 Å². The van der Waals surface area contributed by atoms with E-state index in [9.17, 15) is 9.59 Å². The number of hydrogen-bond acceptors (Lipinski definition) is 5. The summed E-state index contributed by atoms with van der Waals surface area (Å²) in [4.78, 5) is 29.4. The number of benzene rings is 2. The van der Waals surface area contributed by atoms with E-state index >= 15 is 0 Å². The molecule has 0 radical (unpaired) electrons. The van der Waals surface area contributed by atoms with Crippen LogP contribution in [-0.2, 0) is 9.53 Å². The number of methoxy groups -OCH3 is 1. The molecule has 1 N–H and O–H groups in total. The molecule has 2 aromatic carbocycles. The molecule has 1 fully saturated rings. The molecule has 1 saturated carbocycles. The molecule has 1 atom stereocenters. The molecule has 7 nitrogen and oxygen atoms in total. The number of fused-ring (bicyclic) bond motifs is 2. The lowest BCUT2D eigenvalue weighted by atomic mass is 9.65. The summed E-state index contributed by atoms with van der Waals surface area (Å²) in [6, 6.07) is 12.9. The fraction of sp³-hybridized carbons (Fsp3) is 0.440. The standard InChI is InChI=1S/C25H28N2O5/c1-30-14-13-27-24(29)19-8-4-3-7-18(19)22(25(27)11-5-2-6-12-25)23(28)26-17-9-10-20-21(15-17)32-16-31-20/h3-4,7-10,15,22H,2,5-6,11-14,16H2,1H3,(H,26,28)/t22-/m0/s1. The van der Waals surface area contributed by atoms with Gasteiger partial charge in [-0.1, -0.05) is 37.5 Å². The molecular weight excluding hydrogens is 408 g/mol. The number of carbonyl (C=O) groups is 2. The topological polar surface area (TPSA) is 77.1 Å². The van der Waals surface area contributed by atoms with Gasteiger partial charge < -0.3 is 24.4 Å². The number of amides is 2. The van der Waals surface area contributed by atoms with Gasteiger partial charge in [0.1, 0.15) is 0 Å². The van der Waals surface area contributed by atoms with E-state index < -0.39 is 11.5 Å². The monoisotopic (exact) mass is 436 g/mol. The van der Waals surface area contributed by atoms with Crippen LogP contribution in [-0.4, -0.2) is 49.3 Å². The molecule has 3 aliphatic rings. The van der Waals surface area contributed by atoms with Gasteiger partial charge in [-0.2, -0.15) is 0 Å². The van der Waals surface area contributed by atoms with Gasteiger partial charge in [-0.3, -0.25) is 9.59 Å². The minimum Gasteiger partial charge on any atom is -0.454 e. The zero-order valence-corrected chi connectivity index (χ0v) is 18.3. The second kappa shape index (κ2) is 8.47. The van der Waals surface area contributed by atoms with Gasteiger partial charge in [-0.25, -0.2) is 0 Å². The SMILES string of the molecule is COCCN1C(=O)c2ccccc2[C@@H](C(=O)Nc2ccc3c(c2)OCO3)C12CCCCC2. The third-order valence-corrected chi connectivity index (χ3v) is 6.96. The van der Waals surface area contributed by atoms with Crippen molar-refractivity contribution < 1.29 is 23.8 Å². The summed E-state index contributed by atoms with van der Waals surface area (Å²) in [5.41, 5.74) is 1.52. The van der Waals surface area contributed by atoms with Gasteiger partial charge in [-0.15, -0.1) is 0 Å². The highest BCUT2D eigenvalue weighted by Crippen LogP contribution is 2.49. The van der Waals surface area contributed by atoms with Crippen molar-refractivity contribution >= 4 is 17.5 Å². The van der Waals surface area contributed by atoms with E-state index in [1.165, 1.54) is 0 Å². The van der Waals surface area contributed by atoms with Gasteiger partial charge in [-0.05, 0) is 36.6 Å². The lowest BCUT2D eigenvalue weighted by Crippen LogP contribution is -2.62. The summed E-state index contributed by atoms with van der Waals surface area (Å²) in [7, 11) is 1.64. The smallest absolute Gasteiger partial charge is 0.254 e. The Morgan fingerprint density at radius 1 is 1.12 bits per heavy atom.